The third-order valence-corrected chi connectivity index (χ3v) is 5.17. The van der Waals surface area contributed by atoms with Crippen LogP contribution in [0.15, 0.2) is 53.5 Å². The van der Waals surface area contributed by atoms with Crippen molar-refractivity contribution < 1.29 is 4.79 Å². The van der Waals surface area contributed by atoms with Gasteiger partial charge < -0.3 is 20.9 Å². The number of aliphatic imine (C=N–C) groups is 1. The smallest absolute Gasteiger partial charge is 0.321 e. The SMILES string of the molecule is CCNC(=NCc1cccc(NC(=O)N2CCCC2)c1)NCCc1cccc(Cl)c1.I. The van der Waals surface area contributed by atoms with Crippen LogP contribution in [0.5, 0.6) is 0 Å². The minimum Gasteiger partial charge on any atom is -0.357 e. The van der Waals surface area contributed by atoms with Gasteiger partial charge in [-0.2, -0.15) is 0 Å². The van der Waals surface area contributed by atoms with Gasteiger partial charge in [-0.3, -0.25) is 0 Å². The summed E-state index contributed by atoms with van der Waals surface area (Å²) in [7, 11) is 0. The molecular formula is C23H31ClIN5O. The van der Waals surface area contributed by atoms with Crippen molar-refractivity contribution in [2.45, 2.75) is 32.7 Å². The van der Waals surface area contributed by atoms with E-state index in [1.54, 1.807) is 0 Å². The van der Waals surface area contributed by atoms with E-state index in [0.29, 0.717) is 6.54 Å². The zero-order valence-electron chi connectivity index (χ0n) is 17.9. The second-order valence-electron chi connectivity index (χ2n) is 7.33. The van der Waals surface area contributed by atoms with Gasteiger partial charge in [0.2, 0.25) is 0 Å². The number of guanidine groups is 1. The first-order chi connectivity index (χ1) is 14.6. The highest BCUT2D eigenvalue weighted by atomic mass is 127. The molecule has 31 heavy (non-hydrogen) atoms. The summed E-state index contributed by atoms with van der Waals surface area (Å²) in [6, 6.07) is 15.7. The lowest BCUT2D eigenvalue weighted by Crippen LogP contribution is -2.38. The van der Waals surface area contributed by atoms with E-state index in [1.807, 2.05) is 54.3 Å². The molecule has 0 saturated carbocycles. The lowest BCUT2D eigenvalue weighted by Gasteiger charge is -2.16. The molecule has 3 rings (SSSR count). The van der Waals surface area contributed by atoms with Gasteiger partial charge in [-0.25, -0.2) is 9.79 Å². The van der Waals surface area contributed by atoms with Crippen molar-refractivity contribution in [2.75, 3.05) is 31.5 Å². The molecule has 8 heteroatoms. The number of rotatable bonds is 7. The highest BCUT2D eigenvalue weighted by molar-refractivity contribution is 14.0. The van der Waals surface area contributed by atoms with Gasteiger partial charge in [-0.05, 0) is 61.6 Å². The van der Waals surface area contributed by atoms with Crippen LogP contribution in [0.4, 0.5) is 10.5 Å². The molecule has 0 atom stereocenters. The number of urea groups is 1. The maximum absolute atomic E-state index is 12.3. The van der Waals surface area contributed by atoms with Crippen molar-refractivity contribution >= 4 is 53.3 Å². The van der Waals surface area contributed by atoms with Crippen molar-refractivity contribution in [1.82, 2.24) is 15.5 Å². The van der Waals surface area contributed by atoms with Crippen LogP contribution in [0.3, 0.4) is 0 Å². The van der Waals surface area contributed by atoms with Gasteiger partial charge in [0.25, 0.3) is 0 Å². The standard InChI is InChI=1S/C23H30ClN5O.HI/c1-2-25-22(26-12-11-18-7-5-9-20(24)15-18)27-17-19-8-6-10-21(16-19)28-23(30)29-13-3-4-14-29;/h5-10,15-16H,2-4,11-14,17H2,1H3,(H,28,30)(H2,25,26,27);1H. The number of benzene rings is 2. The topological polar surface area (TPSA) is 68.8 Å². The van der Waals surface area contributed by atoms with Crippen LogP contribution in [-0.4, -0.2) is 43.1 Å². The molecule has 1 aliphatic heterocycles. The van der Waals surface area contributed by atoms with Crippen molar-refractivity contribution in [3.8, 4) is 0 Å². The summed E-state index contributed by atoms with van der Waals surface area (Å²) in [4.78, 5) is 18.8. The normalized spacial score (nSPS) is 13.5. The third kappa shape index (κ3) is 8.57. The summed E-state index contributed by atoms with van der Waals surface area (Å²) in [6.45, 7) is 5.79. The van der Waals surface area contributed by atoms with Crippen molar-refractivity contribution in [3.63, 3.8) is 0 Å². The Morgan fingerprint density at radius 1 is 1.06 bits per heavy atom. The number of hydrogen-bond acceptors (Lipinski definition) is 2. The molecule has 168 valence electrons. The summed E-state index contributed by atoms with van der Waals surface area (Å²) in [5.41, 5.74) is 3.03. The molecule has 1 aliphatic rings. The van der Waals surface area contributed by atoms with Gasteiger partial charge in [0.1, 0.15) is 0 Å². The Morgan fingerprint density at radius 3 is 2.55 bits per heavy atom. The van der Waals surface area contributed by atoms with Gasteiger partial charge >= 0.3 is 6.03 Å². The van der Waals surface area contributed by atoms with Crippen LogP contribution in [0.25, 0.3) is 0 Å². The molecule has 0 spiro atoms. The molecule has 1 fully saturated rings. The largest absolute Gasteiger partial charge is 0.357 e. The monoisotopic (exact) mass is 555 g/mol. The average Bonchev–Trinajstić information content (AvgIpc) is 3.27. The van der Waals surface area contributed by atoms with Crippen LogP contribution < -0.4 is 16.0 Å². The van der Waals surface area contributed by atoms with Gasteiger partial charge in [0, 0.05) is 36.9 Å². The van der Waals surface area contributed by atoms with Gasteiger partial charge in [0.05, 0.1) is 6.54 Å². The Labute approximate surface area is 206 Å². The Balaban J connectivity index is 0.00000341. The van der Waals surface area contributed by atoms with E-state index in [1.165, 1.54) is 5.56 Å². The van der Waals surface area contributed by atoms with E-state index in [2.05, 4.69) is 27.0 Å². The zero-order chi connectivity index (χ0) is 21.2. The first-order valence-corrected chi connectivity index (χ1v) is 10.9. The number of likely N-dealkylation sites (tertiary alicyclic amines) is 1. The highest BCUT2D eigenvalue weighted by Crippen LogP contribution is 2.15. The lowest BCUT2D eigenvalue weighted by atomic mass is 10.1. The summed E-state index contributed by atoms with van der Waals surface area (Å²) >= 11 is 6.05. The number of carbonyl (C=O) groups is 1. The first-order valence-electron chi connectivity index (χ1n) is 10.6. The molecule has 2 aromatic carbocycles. The first kappa shape index (κ1) is 25.3. The molecule has 0 unspecified atom stereocenters. The van der Waals surface area contributed by atoms with Crippen LogP contribution in [0, 0.1) is 0 Å². The van der Waals surface area contributed by atoms with E-state index < -0.39 is 0 Å². The number of hydrogen-bond donors (Lipinski definition) is 3. The maximum Gasteiger partial charge on any atom is 0.321 e. The minimum absolute atomic E-state index is 0. The average molecular weight is 556 g/mol. The number of amides is 2. The number of carbonyl (C=O) groups excluding carboxylic acids is 1. The molecule has 1 heterocycles. The Morgan fingerprint density at radius 2 is 1.81 bits per heavy atom. The van der Waals surface area contributed by atoms with Crippen molar-refractivity contribution in [1.29, 1.82) is 0 Å². The van der Waals surface area contributed by atoms with Crippen LogP contribution >= 0.6 is 35.6 Å². The molecule has 6 nitrogen and oxygen atoms in total. The van der Waals surface area contributed by atoms with Crippen LogP contribution in [-0.2, 0) is 13.0 Å². The van der Waals surface area contributed by atoms with E-state index in [0.717, 1.165) is 67.7 Å². The fraction of sp³-hybridized carbons (Fsp3) is 0.391. The Bertz CT molecular complexity index is 871. The molecule has 0 aliphatic carbocycles. The van der Waals surface area contributed by atoms with Gasteiger partial charge in [0.15, 0.2) is 5.96 Å². The molecular weight excluding hydrogens is 525 g/mol. The molecule has 0 radical (unpaired) electrons. The molecule has 2 aromatic rings. The zero-order valence-corrected chi connectivity index (χ0v) is 21.0. The second-order valence-corrected chi connectivity index (χ2v) is 7.76. The summed E-state index contributed by atoms with van der Waals surface area (Å²) < 4.78 is 0. The summed E-state index contributed by atoms with van der Waals surface area (Å²) in [5.74, 6) is 0.769. The fourth-order valence-electron chi connectivity index (χ4n) is 3.40. The Kier molecular flexibility index (Phi) is 10.9. The van der Waals surface area contributed by atoms with E-state index in [-0.39, 0.29) is 30.0 Å². The quantitative estimate of drug-likeness (QED) is 0.259. The second kappa shape index (κ2) is 13.4. The molecule has 3 N–H and O–H groups in total. The fourth-order valence-corrected chi connectivity index (χ4v) is 3.61. The van der Waals surface area contributed by atoms with Crippen LogP contribution in [0.1, 0.15) is 30.9 Å². The number of nitrogens with zero attached hydrogens (tertiary/aromatic N) is 2. The number of anilines is 1. The number of nitrogens with one attached hydrogen (secondary N) is 3. The minimum atomic E-state index is -0.0239. The van der Waals surface area contributed by atoms with E-state index in [4.69, 9.17) is 11.6 Å². The van der Waals surface area contributed by atoms with E-state index >= 15 is 0 Å². The summed E-state index contributed by atoms with van der Waals surface area (Å²) in [6.07, 6.45) is 3.03. The highest BCUT2D eigenvalue weighted by Gasteiger charge is 2.17. The van der Waals surface area contributed by atoms with Crippen LogP contribution in [0.2, 0.25) is 5.02 Å². The summed E-state index contributed by atoms with van der Waals surface area (Å²) in [5, 5.41) is 10.4. The Hall–Kier alpha value is -2.00. The molecule has 0 bridgehead atoms. The lowest BCUT2D eigenvalue weighted by molar-refractivity contribution is 0.222. The maximum atomic E-state index is 12.3. The molecule has 1 saturated heterocycles. The van der Waals surface area contributed by atoms with E-state index in [9.17, 15) is 4.79 Å². The van der Waals surface area contributed by atoms with Crippen molar-refractivity contribution in [3.05, 3.63) is 64.7 Å². The predicted molar refractivity (Wildman–Crippen MR) is 140 cm³/mol. The number of halogens is 2. The molecule has 0 aromatic heterocycles. The third-order valence-electron chi connectivity index (χ3n) is 4.93. The molecule has 2 amide bonds. The van der Waals surface area contributed by atoms with Gasteiger partial charge in [-0.15, -0.1) is 24.0 Å². The van der Waals surface area contributed by atoms with Gasteiger partial charge in [-0.1, -0.05) is 35.9 Å². The van der Waals surface area contributed by atoms with Crippen molar-refractivity contribution in [2.24, 2.45) is 4.99 Å². The predicted octanol–water partition coefficient (Wildman–Crippen LogP) is 4.88.